The number of para-hydroxylation sites is 1. The molecule has 0 saturated heterocycles. The summed E-state index contributed by atoms with van der Waals surface area (Å²) in [4.78, 5) is 0. The fourth-order valence-electron chi connectivity index (χ4n) is 1.00. The average molecular weight is 159 g/mol. The number of rotatable bonds is 2. The number of benzene rings is 1. The highest BCUT2D eigenvalue weighted by Crippen LogP contribution is 2.21. The molecule has 0 aliphatic heterocycles. The number of phenolic OH excluding ortho intramolecular Hbond substituents is 1. The maximum absolute atomic E-state index is 9.45. The topological polar surface area (TPSA) is 44.0 Å². The molecule has 0 aliphatic rings. The van der Waals surface area contributed by atoms with Crippen molar-refractivity contribution in [3.8, 4) is 11.8 Å². The Labute approximate surface area is 71.4 Å². The van der Waals surface area contributed by atoms with E-state index in [4.69, 9.17) is 5.26 Å². The van der Waals surface area contributed by atoms with Gasteiger partial charge in [-0.25, -0.2) is 0 Å². The number of nitriles is 1. The third-order valence-electron chi connectivity index (χ3n) is 1.60. The van der Waals surface area contributed by atoms with Crippen molar-refractivity contribution in [2.75, 3.05) is 0 Å². The number of hydrogen-bond donors (Lipinski definition) is 1. The van der Waals surface area contributed by atoms with Gasteiger partial charge in [0.2, 0.25) is 0 Å². The molecular weight excluding hydrogens is 150 g/mol. The van der Waals surface area contributed by atoms with E-state index in [9.17, 15) is 5.11 Å². The highest BCUT2D eigenvalue weighted by molar-refractivity contribution is 5.47. The van der Waals surface area contributed by atoms with Crippen LogP contribution in [0.15, 0.2) is 30.9 Å². The molecule has 0 atom stereocenters. The Morgan fingerprint density at radius 3 is 2.92 bits per heavy atom. The molecule has 0 unspecified atom stereocenters. The quantitative estimate of drug-likeness (QED) is 0.670. The summed E-state index contributed by atoms with van der Waals surface area (Å²) in [5.41, 5.74) is 1.05. The molecule has 0 radical (unpaired) electrons. The molecule has 0 spiro atoms. The number of hydrogen-bond acceptors (Lipinski definition) is 2. The molecule has 0 heterocycles. The van der Waals surface area contributed by atoms with Crippen LogP contribution in [0, 0.1) is 11.3 Å². The Hall–Kier alpha value is -1.75. The highest BCUT2D eigenvalue weighted by atomic mass is 16.3. The molecule has 0 aliphatic carbocycles. The van der Waals surface area contributed by atoms with E-state index in [-0.39, 0.29) is 5.75 Å². The zero-order chi connectivity index (χ0) is 8.97. The van der Waals surface area contributed by atoms with E-state index in [1.807, 2.05) is 6.07 Å². The maximum Gasteiger partial charge on any atom is 0.136 e. The Kier molecular flexibility index (Phi) is 2.49. The second-order valence-corrected chi connectivity index (χ2v) is 2.42. The summed E-state index contributed by atoms with van der Waals surface area (Å²) in [5, 5.41) is 18.0. The second-order valence-electron chi connectivity index (χ2n) is 2.42. The first-order valence-corrected chi connectivity index (χ1v) is 3.61. The zero-order valence-corrected chi connectivity index (χ0v) is 6.62. The van der Waals surface area contributed by atoms with Gasteiger partial charge in [-0.3, -0.25) is 0 Å². The summed E-state index contributed by atoms with van der Waals surface area (Å²) >= 11 is 0. The minimum absolute atomic E-state index is 0.0694. The number of allylic oxidation sites excluding steroid dienone is 1. The van der Waals surface area contributed by atoms with Gasteiger partial charge in [-0.05, 0) is 18.1 Å². The van der Waals surface area contributed by atoms with Crippen molar-refractivity contribution in [1.82, 2.24) is 0 Å². The molecule has 0 aromatic heterocycles. The van der Waals surface area contributed by atoms with Crippen molar-refractivity contribution >= 4 is 0 Å². The van der Waals surface area contributed by atoms with Gasteiger partial charge in [-0.15, -0.1) is 6.58 Å². The third kappa shape index (κ3) is 1.46. The molecule has 0 amide bonds. The lowest BCUT2D eigenvalue weighted by molar-refractivity contribution is 0.468. The van der Waals surface area contributed by atoms with Gasteiger partial charge in [0.1, 0.15) is 11.8 Å². The molecule has 12 heavy (non-hydrogen) atoms. The van der Waals surface area contributed by atoms with Crippen molar-refractivity contribution < 1.29 is 5.11 Å². The molecular formula is C10H9NO. The summed E-state index contributed by atoms with van der Waals surface area (Å²) in [6.45, 7) is 3.56. The lowest BCUT2D eigenvalue weighted by Crippen LogP contribution is -1.84. The number of aromatic hydroxyl groups is 1. The van der Waals surface area contributed by atoms with Crippen LogP contribution in [-0.2, 0) is 6.42 Å². The molecule has 2 nitrogen and oxygen atoms in total. The van der Waals surface area contributed by atoms with Crippen LogP contribution in [0.1, 0.15) is 11.1 Å². The fourth-order valence-corrected chi connectivity index (χ4v) is 1.00. The molecule has 60 valence electrons. The van der Waals surface area contributed by atoms with Gasteiger partial charge in [-0.2, -0.15) is 5.26 Å². The molecule has 2 heteroatoms. The minimum Gasteiger partial charge on any atom is -0.506 e. The molecule has 0 bridgehead atoms. The SMILES string of the molecule is C=CCc1cccc(C#N)c1O. The third-order valence-corrected chi connectivity index (χ3v) is 1.60. The lowest BCUT2D eigenvalue weighted by atomic mass is 10.1. The van der Waals surface area contributed by atoms with Crippen molar-refractivity contribution in [2.24, 2.45) is 0 Å². The standard InChI is InChI=1S/C10H9NO/c1-2-4-8-5-3-6-9(7-11)10(8)12/h2-3,5-6,12H,1,4H2. The highest BCUT2D eigenvalue weighted by Gasteiger charge is 2.03. The summed E-state index contributed by atoms with van der Waals surface area (Å²) in [5.74, 6) is 0.0694. The predicted octanol–water partition coefficient (Wildman–Crippen LogP) is 1.99. The Balaban J connectivity index is 3.15. The smallest absolute Gasteiger partial charge is 0.136 e. The van der Waals surface area contributed by atoms with E-state index in [1.54, 1.807) is 24.3 Å². The first-order chi connectivity index (χ1) is 5.79. The van der Waals surface area contributed by atoms with Crippen molar-refractivity contribution in [1.29, 1.82) is 5.26 Å². The summed E-state index contributed by atoms with van der Waals surface area (Å²) in [7, 11) is 0. The number of nitrogens with zero attached hydrogens (tertiary/aromatic N) is 1. The van der Waals surface area contributed by atoms with Crippen LogP contribution in [0.25, 0.3) is 0 Å². The van der Waals surface area contributed by atoms with Gasteiger partial charge >= 0.3 is 0 Å². The first-order valence-electron chi connectivity index (χ1n) is 3.61. The summed E-state index contributed by atoms with van der Waals surface area (Å²) in [6.07, 6.45) is 2.28. The van der Waals surface area contributed by atoms with Gasteiger partial charge < -0.3 is 5.11 Å². The van der Waals surface area contributed by atoms with Gasteiger partial charge in [0.15, 0.2) is 0 Å². The van der Waals surface area contributed by atoms with Gasteiger partial charge in [0.25, 0.3) is 0 Å². The van der Waals surface area contributed by atoms with Crippen LogP contribution >= 0.6 is 0 Å². The van der Waals surface area contributed by atoms with Crippen molar-refractivity contribution in [3.63, 3.8) is 0 Å². The minimum atomic E-state index is 0.0694. The van der Waals surface area contributed by atoms with E-state index in [1.165, 1.54) is 0 Å². The van der Waals surface area contributed by atoms with Crippen LogP contribution in [0.2, 0.25) is 0 Å². The maximum atomic E-state index is 9.45. The lowest BCUT2D eigenvalue weighted by Gasteiger charge is -2.01. The summed E-state index contributed by atoms with van der Waals surface area (Å²) in [6, 6.07) is 7.02. The van der Waals surface area contributed by atoms with Crippen molar-refractivity contribution in [2.45, 2.75) is 6.42 Å². The molecule has 0 fully saturated rings. The average Bonchev–Trinajstić information content (AvgIpc) is 2.09. The number of phenols is 1. The summed E-state index contributed by atoms with van der Waals surface area (Å²) < 4.78 is 0. The Bertz CT molecular complexity index is 336. The van der Waals surface area contributed by atoms with Crippen LogP contribution in [-0.4, -0.2) is 5.11 Å². The largest absolute Gasteiger partial charge is 0.506 e. The van der Waals surface area contributed by atoms with Crippen molar-refractivity contribution in [3.05, 3.63) is 42.0 Å². The van der Waals surface area contributed by atoms with E-state index in [0.717, 1.165) is 5.56 Å². The van der Waals surface area contributed by atoms with Crippen LogP contribution in [0.3, 0.4) is 0 Å². The van der Waals surface area contributed by atoms with E-state index in [0.29, 0.717) is 12.0 Å². The second kappa shape index (κ2) is 3.59. The van der Waals surface area contributed by atoms with Gasteiger partial charge in [-0.1, -0.05) is 18.2 Å². The monoisotopic (exact) mass is 159 g/mol. The van der Waals surface area contributed by atoms with E-state index < -0.39 is 0 Å². The van der Waals surface area contributed by atoms with Gasteiger partial charge in [0.05, 0.1) is 5.56 Å². The normalized spacial score (nSPS) is 8.92. The zero-order valence-electron chi connectivity index (χ0n) is 6.62. The van der Waals surface area contributed by atoms with E-state index in [2.05, 4.69) is 6.58 Å². The molecule has 1 aromatic carbocycles. The Morgan fingerprint density at radius 2 is 2.33 bits per heavy atom. The van der Waals surface area contributed by atoms with E-state index >= 15 is 0 Å². The van der Waals surface area contributed by atoms with Crippen LogP contribution in [0.5, 0.6) is 5.75 Å². The van der Waals surface area contributed by atoms with Crippen LogP contribution < -0.4 is 0 Å². The molecule has 0 saturated carbocycles. The molecule has 1 N–H and O–H groups in total. The predicted molar refractivity (Wildman–Crippen MR) is 46.7 cm³/mol. The first kappa shape index (κ1) is 8.35. The fraction of sp³-hybridized carbons (Fsp3) is 0.100. The van der Waals surface area contributed by atoms with Crippen LogP contribution in [0.4, 0.5) is 0 Å². The van der Waals surface area contributed by atoms with Gasteiger partial charge in [0, 0.05) is 0 Å². The Morgan fingerprint density at radius 1 is 1.58 bits per heavy atom. The molecule has 1 rings (SSSR count). The molecule has 1 aromatic rings.